The third-order valence-corrected chi connectivity index (χ3v) is 5.23. The molecule has 1 amide bonds. The number of rotatable bonds is 7. The number of carbonyl (C=O) groups is 2. The first kappa shape index (κ1) is 19.8. The number of hydrogen-bond donors (Lipinski definition) is 1. The van der Waals surface area contributed by atoms with Crippen LogP contribution in [0.3, 0.4) is 0 Å². The summed E-state index contributed by atoms with van der Waals surface area (Å²) in [5.74, 6) is -0.758. The van der Waals surface area contributed by atoms with Crippen LogP contribution >= 0.6 is 11.3 Å². The molecule has 2 atom stereocenters. The molecular weight excluding hydrogens is 372 g/mol. The second-order valence-corrected chi connectivity index (χ2v) is 7.37. The van der Waals surface area contributed by atoms with Crippen LogP contribution in [0, 0.1) is 0 Å². The van der Waals surface area contributed by atoms with Crippen molar-refractivity contribution in [1.29, 1.82) is 0 Å². The van der Waals surface area contributed by atoms with Crippen molar-refractivity contribution < 1.29 is 14.3 Å². The number of esters is 1. The Morgan fingerprint density at radius 2 is 1.68 bits per heavy atom. The molecule has 1 N–H and O–H groups in total. The van der Waals surface area contributed by atoms with E-state index in [-0.39, 0.29) is 17.5 Å². The van der Waals surface area contributed by atoms with Gasteiger partial charge in [0.15, 0.2) is 11.8 Å². The van der Waals surface area contributed by atoms with Gasteiger partial charge in [-0.3, -0.25) is 4.79 Å². The Kier molecular flexibility index (Phi) is 6.55. The molecule has 3 rings (SSSR count). The zero-order valence-electron chi connectivity index (χ0n) is 15.8. The predicted octanol–water partition coefficient (Wildman–Crippen LogP) is 4.28. The molecule has 144 valence electrons. The molecule has 0 aliphatic carbocycles. The number of carbonyl (C=O) groups excluding carboxylic acids is 2. The standard InChI is InChI=1S/C22H22N2O3S/c1-15(17-9-5-3-6-10-17)13-23-20(25)16(2)27-22(26)19-14-28-21(24-19)18-11-7-4-8-12-18/h3-12,14-16H,13H2,1-2H3,(H,23,25)/t15-,16+/m1/s1. The molecule has 3 aromatic rings. The number of ether oxygens (including phenoxy) is 1. The van der Waals surface area contributed by atoms with E-state index in [1.165, 1.54) is 11.3 Å². The first-order valence-corrected chi connectivity index (χ1v) is 9.97. The summed E-state index contributed by atoms with van der Waals surface area (Å²) in [6.45, 7) is 4.07. The van der Waals surface area contributed by atoms with Crippen LogP contribution in [-0.4, -0.2) is 29.5 Å². The number of nitrogens with one attached hydrogen (secondary N) is 1. The van der Waals surface area contributed by atoms with E-state index in [0.717, 1.165) is 16.1 Å². The van der Waals surface area contributed by atoms with Gasteiger partial charge in [0.2, 0.25) is 0 Å². The van der Waals surface area contributed by atoms with Crippen LogP contribution in [0.25, 0.3) is 10.6 Å². The van der Waals surface area contributed by atoms with Crippen LogP contribution in [0.2, 0.25) is 0 Å². The molecule has 0 aliphatic heterocycles. The number of benzene rings is 2. The van der Waals surface area contributed by atoms with Crippen molar-refractivity contribution in [3.8, 4) is 10.6 Å². The van der Waals surface area contributed by atoms with E-state index in [1.807, 2.05) is 67.6 Å². The fraction of sp³-hybridized carbons (Fsp3) is 0.227. The lowest BCUT2D eigenvalue weighted by molar-refractivity contribution is -0.129. The van der Waals surface area contributed by atoms with Gasteiger partial charge in [-0.2, -0.15) is 0 Å². The zero-order chi connectivity index (χ0) is 19.9. The minimum atomic E-state index is -0.891. The highest BCUT2D eigenvalue weighted by atomic mass is 32.1. The van der Waals surface area contributed by atoms with E-state index in [0.29, 0.717) is 6.54 Å². The first-order chi connectivity index (χ1) is 13.5. The zero-order valence-corrected chi connectivity index (χ0v) is 16.6. The molecule has 0 fully saturated rings. The normalized spacial score (nSPS) is 12.8. The smallest absolute Gasteiger partial charge is 0.358 e. The fourth-order valence-corrected chi connectivity index (χ4v) is 3.45. The van der Waals surface area contributed by atoms with Gasteiger partial charge in [-0.05, 0) is 18.4 Å². The highest BCUT2D eigenvalue weighted by molar-refractivity contribution is 7.13. The monoisotopic (exact) mass is 394 g/mol. The van der Waals surface area contributed by atoms with E-state index in [4.69, 9.17) is 4.74 Å². The molecule has 0 radical (unpaired) electrons. The maximum atomic E-state index is 12.3. The van der Waals surface area contributed by atoms with Crippen LogP contribution < -0.4 is 5.32 Å². The van der Waals surface area contributed by atoms with E-state index in [2.05, 4.69) is 10.3 Å². The number of nitrogens with zero attached hydrogens (tertiary/aromatic N) is 1. The summed E-state index contributed by atoms with van der Waals surface area (Å²) in [5, 5.41) is 5.22. The maximum absolute atomic E-state index is 12.3. The van der Waals surface area contributed by atoms with Crippen molar-refractivity contribution in [3.63, 3.8) is 0 Å². The second kappa shape index (κ2) is 9.28. The molecule has 0 spiro atoms. The molecule has 0 aliphatic rings. The van der Waals surface area contributed by atoms with E-state index < -0.39 is 12.1 Å². The van der Waals surface area contributed by atoms with Crippen molar-refractivity contribution in [2.24, 2.45) is 0 Å². The molecule has 1 heterocycles. The number of hydrogen-bond acceptors (Lipinski definition) is 5. The van der Waals surface area contributed by atoms with Crippen molar-refractivity contribution in [3.05, 3.63) is 77.3 Å². The van der Waals surface area contributed by atoms with Gasteiger partial charge < -0.3 is 10.1 Å². The number of aromatic nitrogens is 1. The quantitative estimate of drug-likeness (QED) is 0.608. The van der Waals surface area contributed by atoms with Crippen molar-refractivity contribution in [2.75, 3.05) is 6.54 Å². The van der Waals surface area contributed by atoms with Crippen LogP contribution in [0.15, 0.2) is 66.0 Å². The molecule has 1 aromatic heterocycles. The van der Waals surface area contributed by atoms with Crippen molar-refractivity contribution in [2.45, 2.75) is 25.9 Å². The van der Waals surface area contributed by atoms with Gasteiger partial charge in [0.05, 0.1) is 0 Å². The molecule has 2 aromatic carbocycles. The summed E-state index contributed by atoms with van der Waals surface area (Å²) >= 11 is 1.37. The third kappa shape index (κ3) is 5.04. The lowest BCUT2D eigenvalue weighted by Crippen LogP contribution is -2.37. The summed E-state index contributed by atoms with van der Waals surface area (Å²) in [4.78, 5) is 28.9. The Labute approximate surface area is 168 Å². The van der Waals surface area contributed by atoms with Crippen molar-refractivity contribution >= 4 is 23.2 Å². The minimum absolute atomic E-state index is 0.167. The Morgan fingerprint density at radius 1 is 1.04 bits per heavy atom. The van der Waals surface area contributed by atoms with E-state index in [1.54, 1.807) is 12.3 Å². The topological polar surface area (TPSA) is 68.3 Å². The van der Waals surface area contributed by atoms with Crippen molar-refractivity contribution in [1.82, 2.24) is 10.3 Å². The van der Waals surface area contributed by atoms with Gasteiger partial charge in [-0.15, -0.1) is 11.3 Å². The Bertz CT molecular complexity index is 925. The average Bonchev–Trinajstić information content (AvgIpc) is 3.23. The summed E-state index contributed by atoms with van der Waals surface area (Å²) in [6, 6.07) is 19.5. The first-order valence-electron chi connectivity index (χ1n) is 9.09. The van der Waals surface area contributed by atoms with Gasteiger partial charge in [-0.1, -0.05) is 67.6 Å². The number of amides is 1. The Balaban J connectivity index is 1.52. The largest absolute Gasteiger partial charge is 0.448 e. The SMILES string of the molecule is C[C@H](OC(=O)c1csc(-c2ccccc2)n1)C(=O)NC[C@@H](C)c1ccccc1. The highest BCUT2D eigenvalue weighted by Gasteiger charge is 2.21. The molecule has 0 bridgehead atoms. The Hall–Kier alpha value is -2.99. The summed E-state index contributed by atoms with van der Waals surface area (Å²) in [6.07, 6.45) is -0.891. The van der Waals surface area contributed by atoms with E-state index >= 15 is 0 Å². The molecule has 0 unspecified atom stereocenters. The van der Waals surface area contributed by atoms with Crippen LogP contribution in [0.1, 0.15) is 35.8 Å². The van der Waals surface area contributed by atoms with Crippen LogP contribution in [0.5, 0.6) is 0 Å². The molecule has 0 saturated heterocycles. The highest BCUT2D eigenvalue weighted by Crippen LogP contribution is 2.23. The molecular formula is C22H22N2O3S. The van der Waals surface area contributed by atoms with Crippen LogP contribution in [0.4, 0.5) is 0 Å². The van der Waals surface area contributed by atoms with Gasteiger partial charge in [0, 0.05) is 17.5 Å². The summed E-state index contributed by atoms with van der Waals surface area (Å²) in [5.41, 5.74) is 2.29. The molecule has 0 saturated carbocycles. The lowest BCUT2D eigenvalue weighted by Gasteiger charge is -2.16. The van der Waals surface area contributed by atoms with Gasteiger partial charge in [-0.25, -0.2) is 9.78 Å². The Morgan fingerprint density at radius 3 is 2.36 bits per heavy atom. The molecule has 5 nitrogen and oxygen atoms in total. The minimum Gasteiger partial charge on any atom is -0.448 e. The molecule has 28 heavy (non-hydrogen) atoms. The maximum Gasteiger partial charge on any atom is 0.358 e. The second-order valence-electron chi connectivity index (χ2n) is 6.51. The lowest BCUT2D eigenvalue weighted by atomic mass is 10.0. The fourth-order valence-electron chi connectivity index (χ4n) is 2.65. The van der Waals surface area contributed by atoms with Gasteiger partial charge >= 0.3 is 5.97 Å². The van der Waals surface area contributed by atoms with Gasteiger partial charge in [0.25, 0.3) is 5.91 Å². The summed E-state index contributed by atoms with van der Waals surface area (Å²) < 4.78 is 5.28. The van der Waals surface area contributed by atoms with E-state index in [9.17, 15) is 9.59 Å². The predicted molar refractivity (Wildman–Crippen MR) is 110 cm³/mol. The van der Waals surface area contributed by atoms with Gasteiger partial charge in [0.1, 0.15) is 5.01 Å². The average molecular weight is 394 g/mol. The molecule has 6 heteroatoms. The summed E-state index contributed by atoms with van der Waals surface area (Å²) in [7, 11) is 0. The van der Waals surface area contributed by atoms with Crippen LogP contribution in [-0.2, 0) is 9.53 Å². The number of thiazole rings is 1. The third-order valence-electron chi connectivity index (χ3n) is 4.34.